The summed E-state index contributed by atoms with van der Waals surface area (Å²) in [6.45, 7) is 2.38. The molecule has 0 aromatic heterocycles. The highest BCUT2D eigenvalue weighted by Gasteiger charge is 2.01. The Kier molecular flexibility index (Phi) is 3.79. The predicted molar refractivity (Wildman–Crippen MR) is 72.6 cm³/mol. The van der Waals surface area contributed by atoms with E-state index in [1.165, 1.54) is 0 Å². The number of benzene rings is 2. The van der Waals surface area contributed by atoms with Crippen LogP contribution in [0.4, 0.5) is 10.1 Å². The summed E-state index contributed by atoms with van der Waals surface area (Å²) in [5, 5.41) is 3.26. The van der Waals surface area contributed by atoms with Crippen LogP contribution in [0, 0.1) is 12.7 Å². The molecule has 0 amide bonds. The lowest BCUT2D eigenvalue weighted by atomic mass is 10.1. The van der Waals surface area contributed by atoms with Gasteiger partial charge in [0.15, 0.2) is 0 Å². The zero-order valence-electron chi connectivity index (χ0n) is 9.50. The fourth-order valence-corrected chi connectivity index (χ4v) is 1.97. The van der Waals surface area contributed by atoms with Crippen LogP contribution in [0.3, 0.4) is 0 Å². The summed E-state index contributed by atoms with van der Waals surface area (Å²) in [6.07, 6.45) is 0. The number of nitrogens with one attached hydrogen (secondary N) is 1. The molecular formula is C14H13BrFN. The summed E-state index contributed by atoms with van der Waals surface area (Å²) in [6, 6.07) is 13.2. The van der Waals surface area contributed by atoms with Crippen LogP contribution in [0.15, 0.2) is 46.9 Å². The second-order valence-corrected chi connectivity index (χ2v) is 4.77. The molecule has 0 aliphatic heterocycles. The molecular weight excluding hydrogens is 281 g/mol. The summed E-state index contributed by atoms with van der Waals surface area (Å²) < 4.78 is 14.4. The number of rotatable bonds is 3. The minimum atomic E-state index is -0.156. The first-order chi connectivity index (χ1) is 8.16. The second kappa shape index (κ2) is 5.32. The van der Waals surface area contributed by atoms with Crippen molar-refractivity contribution in [3.63, 3.8) is 0 Å². The quantitative estimate of drug-likeness (QED) is 0.878. The minimum absolute atomic E-state index is 0.156. The van der Waals surface area contributed by atoms with E-state index in [9.17, 15) is 4.39 Å². The van der Waals surface area contributed by atoms with Gasteiger partial charge in [-0.3, -0.25) is 0 Å². The molecule has 0 bridgehead atoms. The number of anilines is 1. The number of aryl methyl sites for hydroxylation is 1. The summed E-state index contributed by atoms with van der Waals surface area (Å²) in [5.41, 5.74) is 2.62. The lowest BCUT2D eigenvalue weighted by molar-refractivity contribution is 0.616. The normalized spacial score (nSPS) is 10.3. The van der Waals surface area contributed by atoms with Gasteiger partial charge in [0.25, 0.3) is 0 Å². The summed E-state index contributed by atoms with van der Waals surface area (Å²) >= 11 is 3.46. The summed E-state index contributed by atoms with van der Waals surface area (Å²) in [5.74, 6) is -0.156. The fraction of sp³-hybridized carbons (Fsp3) is 0.143. The van der Waals surface area contributed by atoms with Crippen molar-refractivity contribution in [2.75, 3.05) is 5.32 Å². The fourth-order valence-electron chi connectivity index (χ4n) is 1.55. The first kappa shape index (κ1) is 12.1. The van der Waals surface area contributed by atoms with Gasteiger partial charge in [0.2, 0.25) is 0 Å². The molecule has 0 saturated heterocycles. The molecule has 2 rings (SSSR count). The molecule has 3 heteroatoms. The van der Waals surface area contributed by atoms with Crippen molar-refractivity contribution in [2.45, 2.75) is 13.5 Å². The predicted octanol–water partition coefficient (Wildman–Crippen LogP) is 4.51. The Labute approximate surface area is 109 Å². The third kappa shape index (κ3) is 3.07. The van der Waals surface area contributed by atoms with Crippen LogP contribution in [0.5, 0.6) is 0 Å². The molecule has 0 aliphatic carbocycles. The van der Waals surface area contributed by atoms with E-state index >= 15 is 0 Å². The van der Waals surface area contributed by atoms with Gasteiger partial charge in [-0.2, -0.15) is 0 Å². The van der Waals surface area contributed by atoms with Crippen molar-refractivity contribution in [1.29, 1.82) is 0 Å². The van der Waals surface area contributed by atoms with Gasteiger partial charge in [0, 0.05) is 16.7 Å². The van der Waals surface area contributed by atoms with Crippen molar-refractivity contribution in [3.8, 4) is 0 Å². The van der Waals surface area contributed by atoms with Crippen molar-refractivity contribution in [3.05, 3.63) is 63.9 Å². The van der Waals surface area contributed by atoms with Gasteiger partial charge in [0.05, 0.1) is 0 Å². The zero-order valence-corrected chi connectivity index (χ0v) is 11.1. The Morgan fingerprint density at radius 2 is 1.94 bits per heavy atom. The first-order valence-corrected chi connectivity index (χ1v) is 6.19. The van der Waals surface area contributed by atoms with Crippen molar-refractivity contribution >= 4 is 21.6 Å². The Morgan fingerprint density at radius 3 is 2.65 bits per heavy atom. The maximum absolute atomic E-state index is 13.3. The molecule has 0 atom stereocenters. The molecule has 2 aromatic rings. The third-order valence-electron chi connectivity index (χ3n) is 2.59. The topological polar surface area (TPSA) is 12.0 Å². The molecule has 0 fully saturated rings. The highest BCUT2D eigenvalue weighted by Crippen LogP contribution is 2.22. The Balaban J connectivity index is 2.08. The van der Waals surface area contributed by atoms with Gasteiger partial charge < -0.3 is 5.32 Å². The molecule has 88 valence electrons. The number of hydrogen-bond acceptors (Lipinski definition) is 1. The van der Waals surface area contributed by atoms with Crippen LogP contribution in [-0.4, -0.2) is 0 Å². The largest absolute Gasteiger partial charge is 0.380 e. The molecule has 0 radical (unpaired) electrons. The van der Waals surface area contributed by atoms with Crippen molar-refractivity contribution in [1.82, 2.24) is 0 Å². The molecule has 0 spiro atoms. The van der Waals surface area contributed by atoms with Gasteiger partial charge in [-0.25, -0.2) is 4.39 Å². The van der Waals surface area contributed by atoms with Gasteiger partial charge >= 0.3 is 0 Å². The number of hydrogen-bond donors (Lipinski definition) is 1. The standard InChI is InChI=1S/C14H13BrFN/c1-10-6-7-11(8-13(10)16)9-17-14-5-3-2-4-12(14)15/h2-8,17H,9H2,1H3. The summed E-state index contributed by atoms with van der Waals surface area (Å²) in [4.78, 5) is 0. The van der Waals surface area contributed by atoms with Gasteiger partial charge in [-0.05, 0) is 52.2 Å². The van der Waals surface area contributed by atoms with Crippen molar-refractivity contribution in [2.24, 2.45) is 0 Å². The maximum atomic E-state index is 13.3. The van der Waals surface area contributed by atoms with Crippen LogP contribution < -0.4 is 5.32 Å². The average Bonchev–Trinajstić information content (AvgIpc) is 2.32. The third-order valence-corrected chi connectivity index (χ3v) is 3.28. The smallest absolute Gasteiger partial charge is 0.126 e. The van der Waals surface area contributed by atoms with Crippen LogP contribution in [0.1, 0.15) is 11.1 Å². The maximum Gasteiger partial charge on any atom is 0.126 e. The number of halogens is 2. The molecule has 0 aliphatic rings. The number of para-hydroxylation sites is 1. The van der Waals surface area contributed by atoms with E-state index in [1.54, 1.807) is 19.1 Å². The molecule has 1 N–H and O–H groups in total. The Hall–Kier alpha value is -1.35. The van der Waals surface area contributed by atoms with E-state index in [2.05, 4.69) is 21.2 Å². The summed E-state index contributed by atoms with van der Waals surface area (Å²) in [7, 11) is 0. The van der Waals surface area contributed by atoms with E-state index in [0.717, 1.165) is 15.7 Å². The van der Waals surface area contributed by atoms with Crippen LogP contribution in [-0.2, 0) is 6.54 Å². The van der Waals surface area contributed by atoms with Crippen molar-refractivity contribution < 1.29 is 4.39 Å². The first-order valence-electron chi connectivity index (χ1n) is 5.40. The van der Waals surface area contributed by atoms with Crippen LogP contribution in [0.25, 0.3) is 0 Å². The molecule has 0 saturated carbocycles. The van der Waals surface area contributed by atoms with Crippen LogP contribution in [0.2, 0.25) is 0 Å². The zero-order chi connectivity index (χ0) is 12.3. The monoisotopic (exact) mass is 293 g/mol. The second-order valence-electron chi connectivity index (χ2n) is 3.92. The Bertz CT molecular complexity index is 525. The molecule has 17 heavy (non-hydrogen) atoms. The lowest BCUT2D eigenvalue weighted by Gasteiger charge is -2.09. The van der Waals surface area contributed by atoms with E-state index < -0.39 is 0 Å². The average molecular weight is 294 g/mol. The molecule has 0 unspecified atom stereocenters. The van der Waals surface area contributed by atoms with Gasteiger partial charge in [-0.1, -0.05) is 24.3 Å². The molecule has 2 aromatic carbocycles. The van der Waals surface area contributed by atoms with E-state index in [-0.39, 0.29) is 5.82 Å². The molecule has 1 nitrogen and oxygen atoms in total. The van der Waals surface area contributed by atoms with E-state index in [1.807, 2.05) is 30.3 Å². The van der Waals surface area contributed by atoms with E-state index in [4.69, 9.17) is 0 Å². The lowest BCUT2D eigenvalue weighted by Crippen LogP contribution is -2.00. The van der Waals surface area contributed by atoms with E-state index in [0.29, 0.717) is 12.1 Å². The highest BCUT2D eigenvalue weighted by molar-refractivity contribution is 9.10. The minimum Gasteiger partial charge on any atom is -0.380 e. The van der Waals surface area contributed by atoms with Gasteiger partial charge in [-0.15, -0.1) is 0 Å². The SMILES string of the molecule is Cc1ccc(CNc2ccccc2Br)cc1F. The highest BCUT2D eigenvalue weighted by atomic mass is 79.9. The van der Waals surface area contributed by atoms with Gasteiger partial charge in [0.1, 0.15) is 5.82 Å². The Morgan fingerprint density at radius 1 is 1.18 bits per heavy atom. The molecule has 0 heterocycles. The van der Waals surface area contributed by atoms with Crippen LogP contribution >= 0.6 is 15.9 Å².